The minimum absolute atomic E-state index is 0. The summed E-state index contributed by atoms with van der Waals surface area (Å²) in [6, 6.07) is 7.84. The fourth-order valence-corrected chi connectivity index (χ4v) is 2.75. The van der Waals surface area contributed by atoms with Crippen LogP contribution in [0.2, 0.25) is 0 Å². The van der Waals surface area contributed by atoms with E-state index >= 15 is 0 Å². The number of benzene rings is 1. The van der Waals surface area contributed by atoms with Crippen molar-refractivity contribution in [2.24, 2.45) is 5.73 Å². The Morgan fingerprint density at radius 1 is 1.15 bits per heavy atom. The lowest BCUT2D eigenvalue weighted by atomic mass is 9.78. The summed E-state index contributed by atoms with van der Waals surface area (Å²) < 4.78 is 41.4. The molecular formula is C16H20Cl2F3N5O. The van der Waals surface area contributed by atoms with Crippen molar-refractivity contribution in [3.63, 3.8) is 0 Å². The van der Waals surface area contributed by atoms with E-state index in [0.29, 0.717) is 11.4 Å². The van der Waals surface area contributed by atoms with Gasteiger partial charge in [-0.15, -0.1) is 38.0 Å². The fourth-order valence-electron chi connectivity index (χ4n) is 2.75. The maximum Gasteiger partial charge on any atom is 0.573 e. The second-order valence-electron chi connectivity index (χ2n) is 5.97. The lowest BCUT2D eigenvalue weighted by Gasteiger charge is -2.32. The molecular weight excluding hydrogens is 406 g/mol. The molecule has 0 aliphatic heterocycles. The molecule has 0 bridgehead atoms. The predicted octanol–water partition coefficient (Wildman–Crippen LogP) is 3.62. The van der Waals surface area contributed by atoms with Gasteiger partial charge in [-0.3, -0.25) is 0 Å². The minimum atomic E-state index is -4.74. The monoisotopic (exact) mass is 425 g/mol. The highest BCUT2D eigenvalue weighted by molar-refractivity contribution is 5.85. The van der Waals surface area contributed by atoms with Gasteiger partial charge in [0.1, 0.15) is 11.6 Å². The van der Waals surface area contributed by atoms with Crippen LogP contribution in [0.1, 0.15) is 30.0 Å². The van der Waals surface area contributed by atoms with Gasteiger partial charge in [0, 0.05) is 30.1 Å². The number of nitrogens with one attached hydrogen (secondary N) is 1. The fraction of sp³-hybridized carbons (Fsp3) is 0.375. The highest BCUT2D eigenvalue weighted by Gasteiger charge is 2.32. The van der Waals surface area contributed by atoms with Crippen LogP contribution in [0.15, 0.2) is 30.3 Å². The quantitative estimate of drug-likeness (QED) is 0.676. The van der Waals surface area contributed by atoms with E-state index in [1.807, 2.05) is 0 Å². The molecule has 0 atom stereocenters. The van der Waals surface area contributed by atoms with Crippen molar-refractivity contribution in [2.45, 2.75) is 37.7 Å². The third-order valence-electron chi connectivity index (χ3n) is 4.01. The molecule has 1 heterocycles. The molecule has 1 aromatic carbocycles. The number of para-hydroxylation sites is 1. The Labute approximate surface area is 166 Å². The van der Waals surface area contributed by atoms with Crippen molar-refractivity contribution in [3.8, 4) is 5.75 Å². The largest absolute Gasteiger partial charge is 0.573 e. The molecule has 27 heavy (non-hydrogen) atoms. The van der Waals surface area contributed by atoms with Crippen molar-refractivity contribution in [1.29, 1.82) is 0 Å². The van der Waals surface area contributed by atoms with Crippen LogP contribution in [-0.2, 0) is 6.54 Å². The minimum Gasteiger partial charge on any atom is -0.405 e. The highest BCUT2D eigenvalue weighted by Crippen LogP contribution is 2.35. The number of ether oxygens (including phenoxy) is 1. The smallest absolute Gasteiger partial charge is 0.405 e. The first-order valence-electron chi connectivity index (χ1n) is 7.78. The molecule has 0 radical (unpaired) electrons. The lowest BCUT2D eigenvalue weighted by molar-refractivity contribution is -0.274. The van der Waals surface area contributed by atoms with Crippen LogP contribution < -0.4 is 21.5 Å². The lowest BCUT2D eigenvalue weighted by Crippen LogP contribution is -2.35. The number of aromatic nitrogens is 2. The standard InChI is InChI=1S/C16H18F3N5O.2ClH/c17-16(18,19)25-13-4-2-1-3-9(13)8-22-14-7-12(23-15(21)24-14)10-5-11(20)6-10;;/h1-4,7,10-11H,5-6,8,20H2,(H3,21,22,23,24);2*1H. The summed E-state index contributed by atoms with van der Waals surface area (Å²) in [6.45, 7) is 0.103. The first kappa shape index (κ1) is 23.1. The molecule has 0 saturated heterocycles. The van der Waals surface area contributed by atoms with E-state index in [1.165, 1.54) is 12.1 Å². The summed E-state index contributed by atoms with van der Waals surface area (Å²) in [6.07, 6.45) is -3.08. The molecule has 150 valence electrons. The first-order chi connectivity index (χ1) is 11.8. The Kier molecular flexibility index (Phi) is 7.94. The summed E-state index contributed by atoms with van der Waals surface area (Å²) in [5.41, 5.74) is 12.7. The topological polar surface area (TPSA) is 99.1 Å². The molecule has 1 saturated carbocycles. The molecule has 5 N–H and O–H groups in total. The highest BCUT2D eigenvalue weighted by atomic mass is 35.5. The van der Waals surface area contributed by atoms with E-state index in [2.05, 4.69) is 20.0 Å². The molecule has 11 heteroatoms. The van der Waals surface area contributed by atoms with Gasteiger partial charge in [0.15, 0.2) is 0 Å². The molecule has 2 aromatic rings. The first-order valence-corrected chi connectivity index (χ1v) is 7.78. The summed E-state index contributed by atoms with van der Waals surface area (Å²) in [7, 11) is 0. The molecule has 1 aromatic heterocycles. The summed E-state index contributed by atoms with van der Waals surface area (Å²) in [5.74, 6) is 0.543. The average Bonchev–Trinajstić information content (AvgIpc) is 2.49. The van der Waals surface area contributed by atoms with Gasteiger partial charge in [0.25, 0.3) is 0 Å². The molecule has 1 aliphatic carbocycles. The zero-order valence-corrected chi connectivity index (χ0v) is 15.7. The number of nitrogens with zero attached hydrogens (tertiary/aromatic N) is 2. The van der Waals surface area contributed by atoms with Crippen LogP contribution >= 0.6 is 24.8 Å². The maximum atomic E-state index is 12.5. The SMILES string of the molecule is Cl.Cl.Nc1nc(NCc2ccccc2OC(F)(F)F)cc(C2CC(N)C2)n1. The van der Waals surface area contributed by atoms with Crippen LogP contribution in [-0.4, -0.2) is 22.4 Å². The van der Waals surface area contributed by atoms with E-state index in [4.69, 9.17) is 11.5 Å². The molecule has 0 amide bonds. The van der Waals surface area contributed by atoms with Gasteiger partial charge in [0.05, 0.1) is 5.69 Å². The molecule has 1 fully saturated rings. The van der Waals surface area contributed by atoms with Crippen molar-refractivity contribution >= 4 is 36.6 Å². The zero-order chi connectivity index (χ0) is 18.0. The van der Waals surface area contributed by atoms with Crippen LogP contribution in [0.5, 0.6) is 5.75 Å². The average molecular weight is 426 g/mol. The number of hydrogen-bond acceptors (Lipinski definition) is 6. The van der Waals surface area contributed by atoms with Gasteiger partial charge in [-0.05, 0) is 18.9 Å². The second kappa shape index (κ2) is 9.29. The van der Waals surface area contributed by atoms with Crippen molar-refractivity contribution in [3.05, 3.63) is 41.6 Å². The van der Waals surface area contributed by atoms with Gasteiger partial charge in [-0.2, -0.15) is 4.98 Å². The van der Waals surface area contributed by atoms with Crippen LogP contribution in [0.4, 0.5) is 24.9 Å². The number of rotatable bonds is 5. The van der Waals surface area contributed by atoms with E-state index in [1.54, 1.807) is 18.2 Å². The van der Waals surface area contributed by atoms with Crippen LogP contribution in [0.3, 0.4) is 0 Å². The van der Waals surface area contributed by atoms with Crippen molar-refractivity contribution < 1.29 is 17.9 Å². The van der Waals surface area contributed by atoms with Crippen molar-refractivity contribution in [1.82, 2.24) is 9.97 Å². The van der Waals surface area contributed by atoms with Gasteiger partial charge < -0.3 is 21.5 Å². The predicted molar refractivity (Wildman–Crippen MR) is 101 cm³/mol. The summed E-state index contributed by atoms with van der Waals surface area (Å²) >= 11 is 0. The zero-order valence-electron chi connectivity index (χ0n) is 14.1. The molecule has 1 aliphatic rings. The van der Waals surface area contributed by atoms with Gasteiger partial charge in [-0.25, -0.2) is 4.98 Å². The summed E-state index contributed by atoms with van der Waals surface area (Å²) in [5, 5.41) is 2.97. The van der Waals surface area contributed by atoms with E-state index in [-0.39, 0.29) is 55.0 Å². The van der Waals surface area contributed by atoms with E-state index in [0.717, 1.165) is 18.5 Å². The Morgan fingerprint density at radius 2 is 1.81 bits per heavy atom. The molecule has 6 nitrogen and oxygen atoms in total. The normalized spacial score (nSPS) is 18.5. The van der Waals surface area contributed by atoms with Crippen LogP contribution in [0.25, 0.3) is 0 Å². The third kappa shape index (κ3) is 6.30. The molecule has 0 unspecified atom stereocenters. The Morgan fingerprint density at radius 3 is 2.44 bits per heavy atom. The second-order valence-corrected chi connectivity index (χ2v) is 5.97. The summed E-state index contributed by atoms with van der Waals surface area (Å²) in [4.78, 5) is 8.28. The maximum absolute atomic E-state index is 12.5. The number of hydrogen-bond donors (Lipinski definition) is 3. The number of nitrogen functional groups attached to an aromatic ring is 1. The third-order valence-corrected chi connectivity index (χ3v) is 4.01. The Bertz CT molecular complexity index is 757. The Hall–Kier alpha value is -1.97. The van der Waals surface area contributed by atoms with E-state index < -0.39 is 6.36 Å². The van der Waals surface area contributed by atoms with Gasteiger partial charge >= 0.3 is 6.36 Å². The number of anilines is 2. The molecule has 0 spiro atoms. The van der Waals surface area contributed by atoms with Crippen molar-refractivity contribution in [2.75, 3.05) is 11.1 Å². The van der Waals surface area contributed by atoms with Gasteiger partial charge in [-0.1, -0.05) is 18.2 Å². The van der Waals surface area contributed by atoms with E-state index in [9.17, 15) is 13.2 Å². The van der Waals surface area contributed by atoms with Gasteiger partial charge in [0.2, 0.25) is 5.95 Å². The Balaban J connectivity index is 0.00000182. The molecule has 3 rings (SSSR count). The number of nitrogens with two attached hydrogens (primary N) is 2. The number of alkyl halides is 3. The number of halogens is 5. The van der Waals surface area contributed by atoms with Crippen LogP contribution in [0, 0.1) is 0 Å².